The Hall–Kier alpha value is -2.09. The van der Waals surface area contributed by atoms with Crippen LogP contribution in [0.4, 0.5) is 5.69 Å². The van der Waals surface area contributed by atoms with Gasteiger partial charge in [-0.2, -0.15) is 0 Å². The Kier molecular flexibility index (Phi) is 4.57. The normalized spacial score (nSPS) is 10.3. The summed E-state index contributed by atoms with van der Waals surface area (Å²) in [6.07, 6.45) is 2.18. The average molecular weight is 267 g/mol. The lowest BCUT2D eigenvalue weighted by Gasteiger charge is -2.13. The van der Waals surface area contributed by atoms with Gasteiger partial charge in [0.15, 0.2) is 5.78 Å². The molecule has 0 heterocycles. The van der Waals surface area contributed by atoms with Crippen molar-refractivity contribution in [3.63, 3.8) is 0 Å². The van der Waals surface area contributed by atoms with Gasteiger partial charge in [0.1, 0.15) is 0 Å². The van der Waals surface area contributed by atoms with E-state index in [1.165, 1.54) is 5.56 Å². The van der Waals surface area contributed by atoms with Gasteiger partial charge >= 0.3 is 0 Å². The maximum atomic E-state index is 12.5. The van der Waals surface area contributed by atoms with Crippen LogP contribution in [0.25, 0.3) is 0 Å². The molecule has 2 rings (SSSR count). The Labute approximate surface area is 121 Å². The van der Waals surface area contributed by atoms with Gasteiger partial charge in [-0.1, -0.05) is 49.7 Å². The molecule has 0 radical (unpaired) electrons. The Bertz CT molecular complexity index is 585. The second-order valence-electron chi connectivity index (χ2n) is 5.22. The molecular formula is C18H21NO. The van der Waals surface area contributed by atoms with Crippen molar-refractivity contribution < 1.29 is 4.79 Å². The highest BCUT2D eigenvalue weighted by Gasteiger charge is 2.10. The molecule has 2 nitrogen and oxygen atoms in total. The topological polar surface area (TPSA) is 20.3 Å². The molecule has 104 valence electrons. The average Bonchev–Trinajstić information content (AvgIpc) is 2.48. The highest BCUT2D eigenvalue weighted by atomic mass is 16.1. The maximum absolute atomic E-state index is 12.5. The largest absolute Gasteiger partial charge is 0.378 e. The molecule has 0 aliphatic rings. The number of benzene rings is 2. The molecule has 0 amide bonds. The molecule has 2 aromatic rings. The van der Waals surface area contributed by atoms with Gasteiger partial charge < -0.3 is 4.90 Å². The van der Waals surface area contributed by atoms with Crippen molar-refractivity contribution in [2.24, 2.45) is 0 Å². The number of rotatable bonds is 5. The smallest absolute Gasteiger partial charge is 0.193 e. The third kappa shape index (κ3) is 3.27. The predicted octanol–water partition coefficient (Wildman–Crippen LogP) is 3.94. The van der Waals surface area contributed by atoms with Crippen LogP contribution in [-0.2, 0) is 6.42 Å². The molecular weight excluding hydrogens is 246 g/mol. The second kappa shape index (κ2) is 6.38. The van der Waals surface area contributed by atoms with E-state index >= 15 is 0 Å². The Morgan fingerprint density at radius 2 is 1.70 bits per heavy atom. The van der Waals surface area contributed by atoms with Crippen molar-refractivity contribution in [1.82, 2.24) is 0 Å². The summed E-state index contributed by atoms with van der Waals surface area (Å²) in [5.41, 5.74) is 3.81. The zero-order valence-electron chi connectivity index (χ0n) is 12.4. The maximum Gasteiger partial charge on any atom is 0.193 e. The lowest BCUT2D eigenvalue weighted by molar-refractivity contribution is 0.103. The molecule has 2 heteroatoms. The van der Waals surface area contributed by atoms with Crippen LogP contribution in [0.5, 0.6) is 0 Å². The first-order chi connectivity index (χ1) is 9.61. The number of hydrogen-bond donors (Lipinski definition) is 0. The van der Waals surface area contributed by atoms with Crippen LogP contribution in [0.1, 0.15) is 34.8 Å². The molecule has 0 saturated carbocycles. The summed E-state index contributed by atoms with van der Waals surface area (Å²) >= 11 is 0. The van der Waals surface area contributed by atoms with Gasteiger partial charge in [-0.05, 0) is 24.1 Å². The van der Waals surface area contributed by atoms with E-state index in [9.17, 15) is 4.79 Å². The van der Waals surface area contributed by atoms with Gasteiger partial charge in [-0.15, -0.1) is 0 Å². The van der Waals surface area contributed by atoms with Crippen LogP contribution >= 0.6 is 0 Å². The molecule has 0 spiro atoms. The highest BCUT2D eigenvalue weighted by molar-refractivity contribution is 6.09. The van der Waals surface area contributed by atoms with E-state index in [-0.39, 0.29) is 5.78 Å². The first kappa shape index (κ1) is 14.3. The molecule has 0 saturated heterocycles. The number of ketones is 1. The zero-order valence-corrected chi connectivity index (χ0v) is 12.4. The van der Waals surface area contributed by atoms with Crippen LogP contribution in [0, 0.1) is 0 Å². The van der Waals surface area contributed by atoms with Gasteiger partial charge in [0.2, 0.25) is 0 Å². The summed E-state index contributed by atoms with van der Waals surface area (Å²) in [7, 11) is 3.95. The summed E-state index contributed by atoms with van der Waals surface area (Å²) in [4.78, 5) is 14.5. The lowest BCUT2D eigenvalue weighted by atomic mass is 10.0. The first-order valence-electron chi connectivity index (χ1n) is 7.03. The van der Waals surface area contributed by atoms with E-state index in [1.54, 1.807) is 0 Å². The molecule has 0 atom stereocenters. The van der Waals surface area contributed by atoms with Gasteiger partial charge in [0, 0.05) is 30.9 Å². The highest BCUT2D eigenvalue weighted by Crippen LogP contribution is 2.17. The van der Waals surface area contributed by atoms with Gasteiger partial charge in [-0.25, -0.2) is 0 Å². The van der Waals surface area contributed by atoms with Crippen molar-refractivity contribution in [2.45, 2.75) is 19.8 Å². The number of aryl methyl sites for hydroxylation is 1. The van der Waals surface area contributed by atoms with Crippen molar-refractivity contribution in [3.8, 4) is 0 Å². The summed E-state index contributed by atoms with van der Waals surface area (Å²) in [5.74, 6) is 0.0803. The SMILES string of the molecule is CCCc1ccc(C(=O)c2cccc(N(C)C)c2)cc1. The summed E-state index contributed by atoms with van der Waals surface area (Å²) in [6.45, 7) is 2.16. The molecule has 0 aliphatic carbocycles. The van der Waals surface area contributed by atoms with Gasteiger partial charge in [-0.3, -0.25) is 4.79 Å². The van der Waals surface area contributed by atoms with E-state index in [2.05, 4.69) is 6.92 Å². The molecule has 0 fully saturated rings. The minimum Gasteiger partial charge on any atom is -0.378 e. The van der Waals surface area contributed by atoms with Crippen LogP contribution < -0.4 is 4.90 Å². The molecule has 0 unspecified atom stereocenters. The standard InChI is InChI=1S/C18H21NO/c1-4-6-14-9-11-15(12-10-14)18(20)16-7-5-8-17(13-16)19(2)3/h5,7-13H,4,6H2,1-3H3. The minimum absolute atomic E-state index is 0.0803. The summed E-state index contributed by atoms with van der Waals surface area (Å²) in [6, 6.07) is 15.7. The van der Waals surface area contributed by atoms with Crippen LogP contribution in [0.3, 0.4) is 0 Å². The second-order valence-corrected chi connectivity index (χ2v) is 5.22. The van der Waals surface area contributed by atoms with Crippen LogP contribution in [0.2, 0.25) is 0 Å². The quantitative estimate of drug-likeness (QED) is 0.765. The molecule has 0 bridgehead atoms. The van der Waals surface area contributed by atoms with Gasteiger partial charge in [0.25, 0.3) is 0 Å². The summed E-state index contributed by atoms with van der Waals surface area (Å²) in [5, 5.41) is 0. The Morgan fingerprint density at radius 1 is 1.00 bits per heavy atom. The number of nitrogens with zero attached hydrogens (tertiary/aromatic N) is 1. The fourth-order valence-corrected chi connectivity index (χ4v) is 2.20. The predicted molar refractivity (Wildman–Crippen MR) is 84.6 cm³/mol. The third-order valence-corrected chi connectivity index (χ3v) is 3.38. The van der Waals surface area contributed by atoms with E-state index < -0.39 is 0 Å². The molecule has 20 heavy (non-hydrogen) atoms. The number of carbonyl (C=O) groups excluding carboxylic acids is 1. The minimum atomic E-state index is 0.0803. The summed E-state index contributed by atoms with van der Waals surface area (Å²) < 4.78 is 0. The van der Waals surface area contributed by atoms with Crippen molar-refractivity contribution in [3.05, 3.63) is 65.2 Å². The van der Waals surface area contributed by atoms with Crippen molar-refractivity contribution in [2.75, 3.05) is 19.0 Å². The Morgan fingerprint density at radius 3 is 2.30 bits per heavy atom. The fraction of sp³-hybridized carbons (Fsp3) is 0.278. The molecule has 2 aromatic carbocycles. The van der Waals surface area contributed by atoms with E-state index in [0.717, 1.165) is 29.7 Å². The Balaban J connectivity index is 2.24. The van der Waals surface area contributed by atoms with Crippen molar-refractivity contribution >= 4 is 11.5 Å². The molecule has 0 aliphatic heterocycles. The van der Waals surface area contributed by atoms with Crippen molar-refractivity contribution in [1.29, 1.82) is 0 Å². The lowest BCUT2D eigenvalue weighted by Crippen LogP contribution is -2.10. The van der Waals surface area contributed by atoms with E-state index in [4.69, 9.17) is 0 Å². The monoisotopic (exact) mass is 267 g/mol. The van der Waals surface area contributed by atoms with Crippen LogP contribution in [0.15, 0.2) is 48.5 Å². The van der Waals surface area contributed by atoms with Crippen LogP contribution in [-0.4, -0.2) is 19.9 Å². The van der Waals surface area contributed by atoms with E-state index in [1.807, 2.05) is 67.5 Å². The number of anilines is 1. The fourth-order valence-electron chi connectivity index (χ4n) is 2.20. The third-order valence-electron chi connectivity index (χ3n) is 3.38. The molecule has 0 N–H and O–H groups in total. The number of carbonyl (C=O) groups is 1. The first-order valence-corrected chi connectivity index (χ1v) is 7.03. The van der Waals surface area contributed by atoms with E-state index in [0.29, 0.717) is 0 Å². The van der Waals surface area contributed by atoms with Gasteiger partial charge in [0.05, 0.1) is 0 Å². The molecule has 0 aromatic heterocycles. The number of hydrogen-bond acceptors (Lipinski definition) is 2. The zero-order chi connectivity index (χ0) is 14.5.